The van der Waals surface area contributed by atoms with Crippen LogP contribution >= 0.6 is 0 Å². The molecule has 3 saturated carbocycles. The summed E-state index contributed by atoms with van der Waals surface area (Å²) in [5.41, 5.74) is 7.18. The van der Waals surface area contributed by atoms with Crippen molar-refractivity contribution in [2.24, 2.45) is 34.3 Å². The summed E-state index contributed by atoms with van der Waals surface area (Å²) in [6, 6.07) is 0. The highest BCUT2D eigenvalue weighted by atomic mass is 16.3. The number of allylic oxidation sites excluding steroid dienone is 1. The van der Waals surface area contributed by atoms with Gasteiger partial charge in [-0.05, 0) is 80.0 Å². The molecule has 0 bridgehead atoms. The first-order valence-corrected chi connectivity index (χ1v) is 10.3. The van der Waals surface area contributed by atoms with Crippen LogP contribution in [-0.4, -0.2) is 34.9 Å². The molecule has 7 atom stereocenters. The molecule has 3 unspecified atom stereocenters. The molecule has 0 heterocycles. The van der Waals surface area contributed by atoms with Gasteiger partial charge >= 0.3 is 0 Å². The molecule has 3 aliphatic carbocycles. The molecule has 148 valence electrons. The Morgan fingerprint density at radius 2 is 2.00 bits per heavy atom. The van der Waals surface area contributed by atoms with E-state index in [0.717, 1.165) is 19.3 Å². The van der Waals surface area contributed by atoms with Gasteiger partial charge in [0.1, 0.15) is 0 Å². The van der Waals surface area contributed by atoms with Gasteiger partial charge in [0.15, 0.2) is 5.96 Å². The van der Waals surface area contributed by atoms with Crippen molar-refractivity contribution in [2.45, 2.75) is 77.4 Å². The number of nitrogens with two attached hydrogens (primary N) is 1. The summed E-state index contributed by atoms with van der Waals surface area (Å²) >= 11 is 0. The third kappa shape index (κ3) is 3.40. The second kappa shape index (κ2) is 7.16. The Hall–Kier alpha value is -1.07. The van der Waals surface area contributed by atoms with Gasteiger partial charge in [0, 0.05) is 6.54 Å². The molecule has 0 aliphatic heterocycles. The summed E-state index contributed by atoms with van der Waals surface area (Å²) in [5.74, 6) is 1.22. The van der Waals surface area contributed by atoms with Crippen molar-refractivity contribution in [1.29, 1.82) is 5.41 Å². The molecule has 0 amide bonds. The minimum Gasteiger partial charge on any atom is -0.393 e. The number of hydrogen-bond donors (Lipinski definition) is 5. The lowest BCUT2D eigenvalue weighted by atomic mass is 9.52. The van der Waals surface area contributed by atoms with E-state index in [4.69, 9.17) is 11.1 Å². The minimum atomic E-state index is -0.592. The van der Waals surface area contributed by atoms with Crippen molar-refractivity contribution in [3.05, 3.63) is 12.2 Å². The molecule has 6 N–H and O–H groups in total. The Kier molecular flexibility index (Phi) is 5.42. The van der Waals surface area contributed by atoms with E-state index in [0.29, 0.717) is 23.7 Å². The molecule has 0 aromatic carbocycles. The van der Waals surface area contributed by atoms with Crippen molar-refractivity contribution in [3.63, 3.8) is 0 Å². The standard InChI is InChI=1S/C21H37N3O2/c1-13-4-5-14-10-15(6-8-20(13,14)2)21(3)9-7-16(25)11-17(21)18(26)12-24-19(22)23/h14-18,25-26H,1,4-12H2,2-3H3,(H4,22,23,24)/t14?,15?,16-,17+,18?,20+,21+/m0/s1. The molecule has 0 radical (unpaired) electrons. The van der Waals surface area contributed by atoms with Gasteiger partial charge in [0.05, 0.1) is 12.2 Å². The second-order valence-corrected chi connectivity index (χ2v) is 9.63. The summed E-state index contributed by atoms with van der Waals surface area (Å²) < 4.78 is 0. The predicted molar refractivity (Wildman–Crippen MR) is 105 cm³/mol. The molecule has 0 aromatic rings. The lowest BCUT2D eigenvalue weighted by molar-refractivity contribution is -0.0927. The topological polar surface area (TPSA) is 102 Å². The van der Waals surface area contributed by atoms with Gasteiger partial charge in [-0.2, -0.15) is 0 Å². The first-order valence-electron chi connectivity index (χ1n) is 10.3. The summed E-state index contributed by atoms with van der Waals surface area (Å²) in [6.45, 7) is 9.36. The van der Waals surface area contributed by atoms with Crippen LogP contribution in [0.2, 0.25) is 0 Å². The van der Waals surface area contributed by atoms with Gasteiger partial charge in [0.25, 0.3) is 0 Å². The lowest BCUT2D eigenvalue weighted by Crippen LogP contribution is -2.52. The predicted octanol–water partition coefficient (Wildman–Crippen LogP) is 2.77. The fraction of sp³-hybridized carbons (Fsp3) is 0.857. The zero-order valence-electron chi connectivity index (χ0n) is 16.4. The highest BCUT2D eigenvalue weighted by Crippen LogP contribution is 2.61. The van der Waals surface area contributed by atoms with E-state index in [1.807, 2.05) is 0 Å². The van der Waals surface area contributed by atoms with E-state index < -0.39 is 6.10 Å². The van der Waals surface area contributed by atoms with E-state index in [-0.39, 0.29) is 29.9 Å². The van der Waals surface area contributed by atoms with E-state index in [1.54, 1.807) is 0 Å². The third-order valence-electron chi connectivity index (χ3n) is 8.37. The van der Waals surface area contributed by atoms with Crippen LogP contribution in [0.15, 0.2) is 12.2 Å². The normalized spacial score (nSPS) is 44.4. The minimum absolute atomic E-state index is 0.0301. The number of fused-ring (bicyclic) bond motifs is 1. The smallest absolute Gasteiger partial charge is 0.185 e. The Labute approximate surface area is 157 Å². The Morgan fingerprint density at radius 3 is 2.69 bits per heavy atom. The Bertz CT molecular complexity index is 565. The zero-order valence-corrected chi connectivity index (χ0v) is 16.4. The number of aliphatic hydroxyl groups excluding tert-OH is 2. The van der Waals surface area contributed by atoms with Crippen LogP contribution in [0.3, 0.4) is 0 Å². The maximum Gasteiger partial charge on any atom is 0.185 e. The van der Waals surface area contributed by atoms with Crippen LogP contribution in [0, 0.1) is 34.0 Å². The molecule has 5 heteroatoms. The van der Waals surface area contributed by atoms with Crippen LogP contribution in [-0.2, 0) is 0 Å². The second-order valence-electron chi connectivity index (χ2n) is 9.63. The Balaban J connectivity index is 1.76. The molecule has 3 aliphatic rings. The summed E-state index contributed by atoms with van der Waals surface area (Å²) in [7, 11) is 0. The molecule has 3 fully saturated rings. The molecule has 0 aromatic heterocycles. The number of hydrogen-bond acceptors (Lipinski definition) is 3. The quantitative estimate of drug-likeness (QED) is 0.301. The fourth-order valence-electron chi connectivity index (χ4n) is 6.34. The van der Waals surface area contributed by atoms with Gasteiger partial charge in [-0.1, -0.05) is 26.0 Å². The molecular weight excluding hydrogens is 326 g/mol. The SMILES string of the molecule is C=C1CCC2CC([C@@]3(C)CC[C@H](O)C[C@@H]3C(O)CNC(=N)N)CC[C@]12C. The van der Waals surface area contributed by atoms with E-state index in [1.165, 1.54) is 31.3 Å². The van der Waals surface area contributed by atoms with Crippen LogP contribution in [0.4, 0.5) is 0 Å². The molecule has 5 nitrogen and oxygen atoms in total. The monoisotopic (exact) mass is 363 g/mol. The maximum atomic E-state index is 10.8. The Morgan fingerprint density at radius 1 is 1.27 bits per heavy atom. The van der Waals surface area contributed by atoms with Crippen LogP contribution < -0.4 is 11.1 Å². The molecular formula is C21H37N3O2. The molecule has 26 heavy (non-hydrogen) atoms. The van der Waals surface area contributed by atoms with Gasteiger partial charge in [0.2, 0.25) is 0 Å². The van der Waals surface area contributed by atoms with Crippen LogP contribution in [0.1, 0.15) is 65.2 Å². The van der Waals surface area contributed by atoms with E-state index in [9.17, 15) is 10.2 Å². The van der Waals surface area contributed by atoms with Gasteiger partial charge < -0.3 is 21.3 Å². The highest BCUT2D eigenvalue weighted by molar-refractivity contribution is 5.74. The van der Waals surface area contributed by atoms with Crippen molar-refractivity contribution in [1.82, 2.24) is 5.32 Å². The number of aliphatic hydroxyl groups is 2. The maximum absolute atomic E-state index is 10.8. The van der Waals surface area contributed by atoms with Crippen LogP contribution in [0.5, 0.6) is 0 Å². The van der Waals surface area contributed by atoms with Crippen molar-refractivity contribution < 1.29 is 10.2 Å². The number of nitrogens with one attached hydrogen (secondary N) is 2. The first-order chi connectivity index (χ1) is 12.2. The average Bonchev–Trinajstić information content (AvgIpc) is 2.89. The summed E-state index contributed by atoms with van der Waals surface area (Å²) in [5, 5.41) is 31.2. The largest absolute Gasteiger partial charge is 0.393 e. The van der Waals surface area contributed by atoms with Gasteiger partial charge in [-0.3, -0.25) is 5.41 Å². The third-order valence-corrected chi connectivity index (χ3v) is 8.37. The van der Waals surface area contributed by atoms with Gasteiger partial charge in [-0.25, -0.2) is 0 Å². The van der Waals surface area contributed by atoms with E-state index >= 15 is 0 Å². The van der Waals surface area contributed by atoms with E-state index in [2.05, 4.69) is 25.7 Å². The average molecular weight is 364 g/mol. The van der Waals surface area contributed by atoms with Crippen molar-refractivity contribution >= 4 is 5.96 Å². The van der Waals surface area contributed by atoms with Gasteiger partial charge in [-0.15, -0.1) is 0 Å². The zero-order chi connectivity index (χ0) is 19.1. The fourth-order valence-corrected chi connectivity index (χ4v) is 6.34. The molecule has 0 spiro atoms. The summed E-state index contributed by atoms with van der Waals surface area (Å²) in [4.78, 5) is 0. The molecule has 3 rings (SSSR count). The summed E-state index contributed by atoms with van der Waals surface area (Å²) in [6.07, 6.45) is 7.52. The first kappa shape index (κ1) is 19.7. The van der Waals surface area contributed by atoms with Crippen molar-refractivity contribution in [3.8, 4) is 0 Å². The lowest BCUT2D eigenvalue weighted by Gasteiger charge is -2.54. The van der Waals surface area contributed by atoms with Crippen LogP contribution in [0.25, 0.3) is 0 Å². The number of rotatable bonds is 4. The number of guanidine groups is 1. The molecule has 0 saturated heterocycles. The highest BCUT2D eigenvalue weighted by Gasteiger charge is 2.53. The van der Waals surface area contributed by atoms with Crippen molar-refractivity contribution in [2.75, 3.05) is 6.54 Å².